The predicted molar refractivity (Wildman–Crippen MR) is 38.3 cm³/mol. The quantitative estimate of drug-likeness (QED) is 0.558. The van der Waals surface area contributed by atoms with Crippen LogP contribution in [0.25, 0.3) is 0 Å². The van der Waals surface area contributed by atoms with Crippen molar-refractivity contribution in [2.45, 2.75) is 38.8 Å². The van der Waals surface area contributed by atoms with Crippen molar-refractivity contribution in [1.82, 2.24) is 5.32 Å². The molecule has 0 radical (unpaired) electrons. The van der Waals surface area contributed by atoms with E-state index in [-0.39, 0.29) is 0 Å². The van der Waals surface area contributed by atoms with E-state index in [4.69, 9.17) is 0 Å². The van der Waals surface area contributed by atoms with E-state index >= 15 is 0 Å². The molecule has 1 aliphatic carbocycles. The summed E-state index contributed by atoms with van der Waals surface area (Å²) in [4.78, 5) is 0. The lowest BCUT2D eigenvalue weighted by Gasteiger charge is -2.16. The fraction of sp³-hybridized carbons (Fsp3) is 1.00. The van der Waals surface area contributed by atoms with Crippen LogP contribution in [0.4, 0.5) is 0 Å². The Labute approximate surface area is 56.8 Å². The van der Waals surface area contributed by atoms with Crippen LogP contribution < -0.4 is 5.32 Å². The lowest BCUT2D eigenvalue weighted by atomic mass is 10.0. The molecule has 2 rings (SSSR count). The summed E-state index contributed by atoms with van der Waals surface area (Å²) in [7, 11) is 0. The molecule has 3 atom stereocenters. The fourth-order valence-corrected chi connectivity index (χ4v) is 1.85. The summed E-state index contributed by atoms with van der Waals surface area (Å²) >= 11 is 0. The van der Waals surface area contributed by atoms with Crippen molar-refractivity contribution in [3.05, 3.63) is 0 Å². The van der Waals surface area contributed by atoms with Crippen molar-refractivity contribution < 1.29 is 0 Å². The summed E-state index contributed by atoms with van der Waals surface area (Å²) < 4.78 is 0. The Morgan fingerprint density at radius 1 is 1.33 bits per heavy atom. The first-order valence-electron chi connectivity index (χ1n) is 4.03. The molecule has 1 heterocycles. The van der Waals surface area contributed by atoms with Crippen molar-refractivity contribution in [2.75, 3.05) is 0 Å². The molecule has 0 unspecified atom stereocenters. The van der Waals surface area contributed by atoms with Gasteiger partial charge in [0.2, 0.25) is 0 Å². The number of hydrogen-bond donors (Lipinski definition) is 1. The van der Waals surface area contributed by atoms with Gasteiger partial charge in [0, 0.05) is 12.1 Å². The Morgan fingerprint density at radius 3 is 2.44 bits per heavy atom. The molecule has 0 spiro atoms. The Hall–Kier alpha value is -0.0400. The average Bonchev–Trinajstić information content (AvgIpc) is 2.40. The van der Waals surface area contributed by atoms with Crippen LogP contribution in [-0.4, -0.2) is 12.1 Å². The molecular weight excluding hydrogens is 110 g/mol. The molecule has 0 amide bonds. The Morgan fingerprint density at radius 2 is 2.11 bits per heavy atom. The second kappa shape index (κ2) is 1.72. The zero-order valence-electron chi connectivity index (χ0n) is 6.22. The first kappa shape index (κ1) is 5.72. The lowest BCUT2D eigenvalue weighted by molar-refractivity contribution is 0.416. The van der Waals surface area contributed by atoms with Crippen LogP contribution in [0.1, 0.15) is 26.7 Å². The molecule has 0 bridgehead atoms. The molecule has 2 aliphatic rings. The highest BCUT2D eigenvalue weighted by Gasteiger charge is 2.45. The van der Waals surface area contributed by atoms with Crippen LogP contribution in [0, 0.1) is 11.8 Å². The molecule has 9 heavy (non-hydrogen) atoms. The van der Waals surface area contributed by atoms with Gasteiger partial charge in [-0.2, -0.15) is 0 Å². The third-order valence-electron chi connectivity index (χ3n) is 2.71. The van der Waals surface area contributed by atoms with Gasteiger partial charge < -0.3 is 5.32 Å². The number of nitrogens with one attached hydrogen (secondary N) is 1. The van der Waals surface area contributed by atoms with Gasteiger partial charge in [-0.05, 0) is 24.7 Å². The molecule has 1 heteroatoms. The second-order valence-corrected chi connectivity index (χ2v) is 3.86. The van der Waals surface area contributed by atoms with Gasteiger partial charge in [0.25, 0.3) is 0 Å². The van der Waals surface area contributed by atoms with E-state index < -0.39 is 0 Å². The molecule has 0 aromatic heterocycles. The number of rotatable bonds is 1. The zero-order chi connectivity index (χ0) is 6.43. The van der Waals surface area contributed by atoms with E-state index in [0.29, 0.717) is 0 Å². The van der Waals surface area contributed by atoms with Crippen LogP contribution in [0.5, 0.6) is 0 Å². The summed E-state index contributed by atoms with van der Waals surface area (Å²) in [6, 6.07) is 1.77. The van der Waals surface area contributed by atoms with Crippen LogP contribution in [0.2, 0.25) is 0 Å². The van der Waals surface area contributed by atoms with Gasteiger partial charge in [-0.1, -0.05) is 13.8 Å². The van der Waals surface area contributed by atoms with Gasteiger partial charge in [-0.15, -0.1) is 0 Å². The number of fused-ring (bicyclic) bond motifs is 1. The number of hydrogen-bond acceptors (Lipinski definition) is 1. The van der Waals surface area contributed by atoms with Gasteiger partial charge in [-0.25, -0.2) is 0 Å². The maximum atomic E-state index is 3.63. The largest absolute Gasteiger partial charge is 0.311 e. The van der Waals surface area contributed by atoms with E-state index in [1.54, 1.807) is 0 Å². The van der Waals surface area contributed by atoms with E-state index in [2.05, 4.69) is 19.2 Å². The van der Waals surface area contributed by atoms with Gasteiger partial charge in [0.15, 0.2) is 0 Å². The van der Waals surface area contributed by atoms with Crippen LogP contribution >= 0.6 is 0 Å². The van der Waals surface area contributed by atoms with Gasteiger partial charge in [0.1, 0.15) is 0 Å². The van der Waals surface area contributed by atoms with Crippen molar-refractivity contribution in [3.8, 4) is 0 Å². The van der Waals surface area contributed by atoms with E-state index in [9.17, 15) is 0 Å². The minimum atomic E-state index is 0.841. The number of piperidine rings is 1. The molecule has 0 aromatic rings. The Kier molecular flexibility index (Phi) is 1.10. The maximum Gasteiger partial charge on any atom is 0.0102 e. The first-order valence-corrected chi connectivity index (χ1v) is 4.03. The first-order chi connectivity index (χ1) is 4.27. The fourth-order valence-electron chi connectivity index (χ4n) is 1.85. The zero-order valence-corrected chi connectivity index (χ0v) is 6.22. The molecule has 2 fully saturated rings. The normalized spacial score (nSPS) is 47.7. The molecule has 0 aromatic carbocycles. The molecule has 1 aliphatic heterocycles. The second-order valence-electron chi connectivity index (χ2n) is 3.86. The summed E-state index contributed by atoms with van der Waals surface area (Å²) in [6.45, 7) is 4.62. The summed E-state index contributed by atoms with van der Waals surface area (Å²) in [5.41, 5.74) is 0. The minimum absolute atomic E-state index is 0.841. The SMILES string of the molecule is CC(C)[C@@H]1C[C@@H]2C[C@@H]2N1. The minimum Gasteiger partial charge on any atom is -0.311 e. The molecule has 1 saturated carbocycles. The van der Waals surface area contributed by atoms with Gasteiger partial charge >= 0.3 is 0 Å². The summed E-state index contributed by atoms with van der Waals surface area (Å²) in [6.07, 6.45) is 2.91. The van der Waals surface area contributed by atoms with Gasteiger partial charge in [0.05, 0.1) is 0 Å². The molecule has 1 nitrogen and oxygen atoms in total. The average molecular weight is 125 g/mol. The monoisotopic (exact) mass is 125 g/mol. The van der Waals surface area contributed by atoms with Crippen LogP contribution in [0.3, 0.4) is 0 Å². The Balaban J connectivity index is 1.90. The highest BCUT2D eigenvalue weighted by molar-refractivity contribution is 5.03. The molecule has 52 valence electrons. The Bertz CT molecular complexity index is 110. The highest BCUT2D eigenvalue weighted by atomic mass is 15.1. The van der Waals surface area contributed by atoms with Gasteiger partial charge in [-0.3, -0.25) is 0 Å². The smallest absolute Gasteiger partial charge is 0.0102 e. The van der Waals surface area contributed by atoms with E-state index in [1.165, 1.54) is 12.8 Å². The van der Waals surface area contributed by atoms with Crippen LogP contribution in [0.15, 0.2) is 0 Å². The van der Waals surface area contributed by atoms with E-state index in [1.807, 2.05) is 0 Å². The van der Waals surface area contributed by atoms with Crippen molar-refractivity contribution in [1.29, 1.82) is 0 Å². The molecular formula is C8H15N. The molecule has 1 saturated heterocycles. The van der Waals surface area contributed by atoms with Crippen molar-refractivity contribution in [2.24, 2.45) is 11.8 Å². The summed E-state index contributed by atoms with van der Waals surface area (Å²) in [5, 5.41) is 3.63. The third-order valence-corrected chi connectivity index (χ3v) is 2.71. The maximum absolute atomic E-state index is 3.63. The lowest BCUT2D eigenvalue weighted by Crippen LogP contribution is -2.30. The predicted octanol–water partition coefficient (Wildman–Crippen LogP) is 1.39. The van der Waals surface area contributed by atoms with Crippen molar-refractivity contribution >= 4 is 0 Å². The summed E-state index contributed by atoms with van der Waals surface area (Å²) in [5.74, 6) is 1.91. The van der Waals surface area contributed by atoms with Crippen molar-refractivity contribution in [3.63, 3.8) is 0 Å². The van der Waals surface area contributed by atoms with Crippen LogP contribution in [-0.2, 0) is 0 Å². The highest BCUT2D eigenvalue weighted by Crippen LogP contribution is 2.42. The van der Waals surface area contributed by atoms with E-state index in [0.717, 1.165) is 23.9 Å². The third kappa shape index (κ3) is 0.877. The molecule has 1 N–H and O–H groups in total. The topological polar surface area (TPSA) is 12.0 Å². The standard InChI is InChI=1S/C8H15N/c1-5(2)7-3-6-4-8(6)9-7/h5-9H,3-4H2,1-2H3/t6-,7+,8+/m1/s1.